The van der Waals surface area contributed by atoms with Crippen LogP contribution in [0.15, 0.2) is 12.1 Å². The molecule has 1 aliphatic rings. The van der Waals surface area contributed by atoms with E-state index in [4.69, 9.17) is 0 Å². The summed E-state index contributed by atoms with van der Waals surface area (Å²) in [5.74, 6) is 0.820. The molecule has 0 saturated heterocycles. The molecule has 14 heavy (non-hydrogen) atoms. The predicted octanol–water partition coefficient (Wildman–Crippen LogP) is 4.87. The van der Waals surface area contributed by atoms with Crippen LogP contribution in [0.25, 0.3) is 0 Å². The third-order valence-corrected chi connectivity index (χ3v) is 5.02. The van der Waals surface area contributed by atoms with E-state index in [0.29, 0.717) is 0 Å². The summed E-state index contributed by atoms with van der Waals surface area (Å²) < 4.78 is 0. The van der Waals surface area contributed by atoms with Crippen molar-refractivity contribution < 1.29 is 0 Å². The molecular formula is C12H17BrS. The summed E-state index contributed by atoms with van der Waals surface area (Å²) in [6.07, 6.45) is 6.89. The third-order valence-electron chi connectivity index (χ3n) is 3.02. The van der Waals surface area contributed by atoms with Crippen molar-refractivity contribution >= 4 is 27.3 Å². The summed E-state index contributed by atoms with van der Waals surface area (Å²) in [5.41, 5.74) is 0. The Bertz CT molecular complexity index is 292. The normalized spacial score (nSPS) is 28.7. The summed E-state index contributed by atoms with van der Waals surface area (Å²) in [6.45, 7) is 2.20. The summed E-state index contributed by atoms with van der Waals surface area (Å²) >= 11 is 5.77. The molecule has 0 bridgehead atoms. The molecule has 0 aliphatic heterocycles. The maximum Gasteiger partial charge on any atom is 0.0151 e. The molecule has 78 valence electrons. The minimum Gasteiger partial charge on any atom is -0.145 e. The van der Waals surface area contributed by atoms with Gasteiger partial charge in [-0.3, -0.25) is 0 Å². The van der Waals surface area contributed by atoms with E-state index >= 15 is 0 Å². The van der Waals surface area contributed by atoms with E-state index in [1.807, 2.05) is 11.3 Å². The van der Waals surface area contributed by atoms with Crippen molar-refractivity contribution in [3.05, 3.63) is 21.9 Å². The van der Waals surface area contributed by atoms with E-state index in [-0.39, 0.29) is 0 Å². The van der Waals surface area contributed by atoms with Crippen LogP contribution in [0, 0.1) is 6.92 Å². The Morgan fingerprint density at radius 3 is 2.79 bits per heavy atom. The summed E-state index contributed by atoms with van der Waals surface area (Å²) in [5, 5.41) is 0. The molecule has 2 unspecified atom stereocenters. The van der Waals surface area contributed by atoms with Gasteiger partial charge in [-0.15, -0.1) is 11.3 Å². The van der Waals surface area contributed by atoms with Crippen LogP contribution in [-0.2, 0) is 0 Å². The predicted molar refractivity (Wildman–Crippen MR) is 67.6 cm³/mol. The van der Waals surface area contributed by atoms with E-state index in [1.54, 1.807) is 4.88 Å². The Labute approximate surface area is 98.9 Å². The lowest BCUT2D eigenvalue weighted by molar-refractivity contribution is 0.609. The lowest BCUT2D eigenvalue weighted by atomic mass is 9.99. The Hall–Kier alpha value is 0.180. The molecule has 0 aromatic carbocycles. The Balaban J connectivity index is 2.08. The van der Waals surface area contributed by atoms with Crippen LogP contribution in [0.1, 0.15) is 47.8 Å². The van der Waals surface area contributed by atoms with Gasteiger partial charge in [0, 0.05) is 14.6 Å². The first kappa shape index (κ1) is 10.7. The number of aryl methyl sites for hydroxylation is 1. The Kier molecular flexibility index (Phi) is 3.67. The van der Waals surface area contributed by atoms with Gasteiger partial charge in [0.05, 0.1) is 0 Å². The zero-order chi connectivity index (χ0) is 9.97. The van der Waals surface area contributed by atoms with Crippen LogP contribution < -0.4 is 0 Å². The lowest BCUT2D eigenvalue weighted by Crippen LogP contribution is -2.01. The number of hydrogen-bond acceptors (Lipinski definition) is 1. The topological polar surface area (TPSA) is 0 Å². The molecule has 0 radical (unpaired) electrons. The van der Waals surface area contributed by atoms with E-state index in [9.17, 15) is 0 Å². The second-order valence-corrected chi connectivity index (χ2v) is 6.88. The fourth-order valence-corrected chi connectivity index (χ4v) is 4.03. The molecular weight excluding hydrogens is 256 g/mol. The number of alkyl halides is 1. The molecule has 1 aliphatic carbocycles. The highest BCUT2D eigenvalue weighted by Crippen LogP contribution is 2.37. The molecule has 2 atom stereocenters. The van der Waals surface area contributed by atoms with Gasteiger partial charge in [-0.05, 0) is 44.2 Å². The molecule has 0 spiro atoms. The fraction of sp³-hybridized carbons (Fsp3) is 0.667. The average molecular weight is 273 g/mol. The van der Waals surface area contributed by atoms with Crippen molar-refractivity contribution in [1.29, 1.82) is 0 Å². The number of hydrogen-bond donors (Lipinski definition) is 0. The summed E-state index contributed by atoms with van der Waals surface area (Å²) in [4.78, 5) is 3.81. The molecule has 1 saturated carbocycles. The molecule has 2 rings (SSSR count). The standard InChI is InChI=1S/C12H17BrS/c1-9-6-7-12(14-9)10-4-2-3-5-11(13)8-10/h6-7,10-11H,2-5,8H2,1H3. The van der Waals surface area contributed by atoms with E-state index in [1.165, 1.54) is 37.0 Å². The van der Waals surface area contributed by atoms with Crippen molar-refractivity contribution in [3.8, 4) is 0 Å². The van der Waals surface area contributed by atoms with Gasteiger partial charge in [0.25, 0.3) is 0 Å². The molecule has 1 heterocycles. The van der Waals surface area contributed by atoms with Crippen molar-refractivity contribution in [2.24, 2.45) is 0 Å². The SMILES string of the molecule is Cc1ccc(C2CCCCC(Br)C2)s1. The van der Waals surface area contributed by atoms with Crippen LogP contribution in [0.3, 0.4) is 0 Å². The molecule has 0 nitrogen and oxygen atoms in total. The van der Waals surface area contributed by atoms with Gasteiger partial charge in [-0.25, -0.2) is 0 Å². The zero-order valence-electron chi connectivity index (χ0n) is 8.63. The van der Waals surface area contributed by atoms with Crippen LogP contribution in [0.2, 0.25) is 0 Å². The first-order valence-corrected chi connectivity index (χ1v) is 7.19. The highest BCUT2D eigenvalue weighted by atomic mass is 79.9. The largest absolute Gasteiger partial charge is 0.145 e. The second kappa shape index (κ2) is 4.80. The highest BCUT2D eigenvalue weighted by Gasteiger charge is 2.20. The Morgan fingerprint density at radius 2 is 2.07 bits per heavy atom. The van der Waals surface area contributed by atoms with Gasteiger partial charge in [0.15, 0.2) is 0 Å². The van der Waals surface area contributed by atoms with Crippen LogP contribution in [0.4, 0.5) is 0 Å². The fourth-order valence-electron chi connectivity index (χ4n) is 2.23. The number of rotatable bonds is 1. The highest BCUT2D eigenvalue weighted by molar-refractivity contribution is 9.09. The second-order valence-electron chi connectivity index (χ2n) is 4.26. The van der Waals surface area contributed by atoms with Crippen LogP contribution in [0.5, 0.6) is 0 Å². The maximum absolute atomic E-state index is 3.79. The van der Waals surface area contributed by atoms with Crippen molar-refractivity contribution in [1.82, 2.24) is 0 Å². The lowest BCUT2D eigenvalue weighted by Gasteiger charge is -2.14. The monoisotopic (exact) mass is 272 g/mol. The molecule has 2 heteroatoms. The Morgan fingerprint density at radius 1 is 1.29 bits per heavy atom. The quantitative estimate of drug-likeness (QED) is 0.506. The molecule has 1 aromatic heterocycles. The first-order valence-electron chi connectivity index (χ1n) is 5.46. The number of halogens is 1. The van der Waals surface area contributed by atoms with Crippen molar-refractivity contribution in [3.63, 3.8) is 0 Å². The summed E-state index contributed by atoms with van der Waals surface area (Å²) in [6, 6.07) is 4.59. The van der Waals surface area contributed by atoms with Gasteiger partial charge in [0.1, 0.15) is 0 Å². The van der Waals surface area contributed by atoms with E-state index in [0.717, 1.165) is 10.7 Å². The van der Waals surface area contributed by atoms with Gasteiger partial charge < -0.3 is 0 Å². The van der Waals surface area contributed by atoms with Crippen molar-refractivity contribution in [2.45, 2.75) is 49.8 Å². The van der Waals surface area contributed by atoms with Gasteiger partial charge in [0.2, 0.25) is 0 Å². The van der Waals surface area contributed by atoms with Crippen molar-refractivity contribution in [2.75, 3.05) is 0 Å². The van der Waals surface area contributed by atoms with Crippen LogP contribution in [-0.4, -0.2) is 4.83 Å². The smallest absolute Gasteiger partial charge is 0.0151 e. The first-order chi connectivity index (χ1) is 6.75. The third kappa shape index (κ3) is 2.60. The maximum atomic E-state index is 3.79. The van der Waals surface area contributed by atoms with E-state index < -0.39 is 0 Å². The zero-order valence-corrected chi connectivity index (χ0v) is 11.0. The molecule has 1 fully saturated rings. The van der Waals surface area contributed by atoms with Crippen LogP contribution >= 0.6 is 27.3 Å². The molecule has 0 N–H and O–H groups in total. The molecule has 0 amide bonds. The summed E-state index contributed by atoms with van der Waals surface area (Å²) in [7, 11) is 0. The van der Waals surface area contributed by atoms with E-state index in [2.05, 4.69) is 35.0 Å². The number of thiophene rings is 1. The van der Waals surface area contributed by atoms with Gasteiger partial charge in [-0.2, -0.15) is 0 Å². The van der Waals surface area contributed by atoms with Gasteiger partial charge in [-0.1, -0.05) is 28.8 Å². The minimum atomic E-state index is 0.748. The average Bonchev–Trinajstić information content (AvgIpc) is 2.45. The van der Waals surface area contributed by atoms with Gasteiger partial charge >= 0.3 is 0 Å². The minimum absolute atomic E-state index is 0.748. The molecule has 1 aromatic rings.